The van der Waals surface area contributed by atoms with Gasteiger partial charge in [0.05, 0.1) is 11.0 Å². The third-order valence-electron chi connectivity index (χ3n) is 4.28. The highest BCUT2D eigenvalue weighted by Gasteiger charge is 2.11. The molecule has 0 saturated carbocycles. The van der Waals surface area contributed by atoms with Crippen LogP contribution in [-0.2, 0) is 4.79 Å². The first kappa shape index (κ1) is 18.3. The number of halogens is 3. The number of fused-ring (bicyclic) bond motifs is 1. The van der Waals surface area contributed by atoms with Crippen molar-refractivity contribution in [3.8, 4) is 16.8 Å². The van der Waals surface area contributed by atoms with Gasteiger partial charge in [-0.15, -0.1) is 0 Å². The third kappa shape index (κ3) is 3.53. The Balaban J connectivity index is 1.90. The van der Waals surface area contributed by atoms with Gasteiger partial charge in [-0.1, -0.05) is 22.0 Å². The first-order valence-corrected chi connectivity index (χ1v) is 9.21. The second-order valence-corrected chi connectivity index (χ2v) is 7.24. The van der Waals surface area contributed by atoms with Crippen molar-refractivity contribution < 1.29 is 13.6 Å². The van der Waals surface area contributed by atoms with Crippen LogP contribution in [0.2, 0.25) is 0 Å². The van der Waals surface area contributed by atoms with Crippen LogP contribution in [0.4, 0.5) is 14.5 Å². The predicted molar refractivity (Wildman–Crippen MR) is 108 cm³/mol. The number of benzene rings is 3. The summed E-state index contributed by atoms with van der Waals surface area (Å²) in [5.74, 6) is -2.07. The molecule has 4 nitrogen and oxygen atoms in total. The van der Waals surface area contributed by atoms with Crippen LogP contribution < -0.4 is 5.32 Å². The quantitative estimate of drug-likeness (QED) is 0.443. The molecule has 1 aromatic heterocycles. The monoisotopic (exact) mass is 441 g/mol. The van der Waals surface area contributed by atoms with E-state index in [0.29, 0.717) is 16.8 Å². The Morgan fingerprint density at radius 2 is 1.82 bits per heavy atom. The van der Waals surface area contributed by atoms with Crippen molar-refractivity contribution in [2.45, 2.75) is 6.92 Å². The molecule has 0 radical (unpaired) electrons. The van der Waals surface area contributed by atoms with E-state index in [2.05, 4.69) is 26.2 Å². The SMILES string of the molecule is CC(=O)Nc1cc(-c2ccc(F)c(F)c2)cc(-n2cnc3cc(Br)ccc32)c1. The molecule has 28 heavy (non-hydrogen) atoms. The van der Waals surface area contributed by atoms with Gasteiger partial charge in [-0.05, 0) is 59.7 Å². The number of anilines is 1. The number of aromatic nitrogens is 2. The van der Waals surface area contributed by atoms with E-state index in [0.717, 1.165) is 33.3 Å². The first-order chi connectivity index (χ1) is 13.4. The molecule has 0 saturated heterocycles. The maximum atomic E-state index is 13.7. The highest BCUT2D eigenvalue weighted by Crippen LogP contribution is 2.30. The van der Waals surface area contributed by atoms with Gasteiger partial charge in [0, 0.05) is 22.8 Å². The van der Waals surface area contributed by atoms with E-state index in [1.807, 2.05) is 28.8 Å². The minimum Gasteiger partial charge on any atom is -0.326 e. The summed E-state index contributed by atoms with van der Waals surface area (Å²) in [5.41, 5.74) is 4.09. The molecular formula is C21H14BrF2N3O. The Hall–Kier alpha value is -3.06. The number of hydrogen-bond donors (Lipinski definition) is 1. The average molecular weight is 442 g/mol. The number of hydrogen-bond acceptors (Lipinski definition) is 2. The van der Waals surface area contributed by atoms with E-state index < -0.39 is 11.6 Å². The van der Waals surface area contributed by atoms with E-state index in [9.17, 15) is 13.6 Å². The fourth-order valence-corrected chi connectivity index (χ4v) is 3.41. The zero-order valence-electron chi connectivity index (χ0n) is 14.7. The molecule has 140 valence electrons. The van der Waals surface area contributed by atoms with Crippen LogP contribution in [0.1, 0.15) is 6.92 Å². The van der Waals surface area contributed by atoms with Gasteiger partial charge in [0.25, 0.3) is 0 Å². The maximum absolute atomic E-state index is 13.7. The van der Waals surface area contributed by atoms with Crippen molar-refractivity contribution in [1.82, 2.24) is 9.55 Å². The Morgan fingerprint density at radius 3 is 2.57 bits per heavy atom. The van der Waals surface area contributed by atoms with Crippen molar-refractivity contribution in [3.05, 3.63) is 77.0 Å². The Bertz CT molecular complexity index is 1220. The van der Waals surface area contributed by atoms with Crippen molar-refractivity contribution in [1.29, 1.82) is 0 Å². The van der Waals surface area contributed by atoms with Gasteiger partial charge in [-0.3, -0.25) is 9.36 Å². The second kappa shape index (κ2) is 7.16. The van der Waals surface area contributed by atoms with Crippen LogP contribution in [0, 0.1) is 11.6 Å². The van der Waals surface area contributed by atoms with Crippen LogP contribution in [0.5, 0.6) is 0 Å². The normalized spacial score (nSPS) is 11.0. The van der Waals surface area contributed by atoms with Crippen molar-refractivity contribution in [2.75, 3.05) is 5.32 Å². The van der Waals surface area contributed by atoms with E-state index in [1.165, 1.54) is 13.0 Å². The lowest BCUT2D eigenvalue weighted by Gasteiger charge is -2.12. The average Bonchev–Trinajstić information content (AvgIpc) is 3.06. The molecule has 4 aromatic rings. The number of nitrogens with one attached hydrogen (secondary N) is 1. The molecule has 0 fully saturated rings. The number of carbonyl (C=O) groups is 1. The molecule has 1 heterocycles. The van der Waals surface area contributed by atoms with Crippen molar-refractivity contribution in [3.63, 3.8) is 0 Å². The van der Waals surface area contributed by atoms with Gasteiger partial charge in [0.1, 0.15) is 6.33 Å². The smallest absolute Gasteiger partial charge is 0.221 e. The molecule has 0 unspecified atom stereocenters. The zero-order valence-corrected chi connectivity index (χ0v) is 16.3. The largest absolute Gasteiger partial charge is 0.326 e. The van der Waals surface area contributed by atoms with Gasteiger partial charge in [-0.2, -0.15) is 0 Å². The number of imidazole rings is 1. The second-order valence-electron chi connectivity index (χ2n) is 6.33. The fourth-order valence-electron chi connectivity index (χ4n) is 3.06. The summed E-state index contributed by atoms with van der Waals surface area (Å²) < 4.78 is 29.8. The van der Waals surface area contributed by atoms with Crippen LogP contribution in [0.25, 0.3) is 27.8 Å². The van der Waals surface area contributed by atoms with Crippen LogP contribution in [0.15, 0.2) is 65.4 Å². The summed E-state index contributed by atoms with van der Waals surface area (Å²) in [5, 5.41) is 2.75. The third-order valence-corrected chi connectivity index (χ3v) is 4.77. The van der Waals surface area contributed by atoms with Crippen molar-refractivity contribution >= 4 is 38.6 Å². The van der Waals surface area contributed by atoms with E-state index in [1.54, 1.807) is 18.5 Å². The van der Waals surface area contributed by atoms with E-state index in [4.69, 9.17) is 0 Å². The lowest BCUT2D eigenvalue weighted by molar-refractivity contribution is -0.114. The lowest BCUT2D eigenvalue weighted by atomic mass is 10.0. The summed E-state index contributed by atoms with van der Waals surface area (Å²) >= 11 is 3.43. The van der Waals surface area contributed by atoms with Crippen LogP contribution in [0.3, 0.4) is 0 Å². The standard InChI is InChI=1S/C21H14BrF2N3O/c1-12(28)26-16-6-14(13-2-4-18(23)19(24)8-13)7-17(10-16)27-11-25-20-9-15(22)3-5-21(20)27/h2-11H,1H3,(H,26,28). The number of nitrogens with zero attached hydrogens (tertiary/aromatic N) is 2. The highest BCUT2D eigenvalue weighted by atomic mass is 79.9. The Kier molecular flexibility index (Phi) is 4.68. The summed E-state index contributed by atoms with van der Waals surface area (Å²) in [6.45, 7) is 1.41. The zero-order chi connectivity index (χ0) is 19.8. The molecule has 1 amide bonds. The number of carbonyl (C=O) groups excluding carboxylic acids is 1. The summed E-state index contributed by atoms with van der Waals surface area (Å²) in [7, 11) is 0. The summed E-state index contributed by atoms with van der Waals surface area (Å²) in [6.07, 6.45) is 1.68. The van der Waals surface area contributed by atoms with Crippen LogP contribution in [-0.4, -0.2) is 15.5 Å². The highest BCUT2D eigenvalue weighted by molar-refractivity contribution is 9.10. The van der Waals surface area contributed by atoms with Crippen LogP contribution >= 0.6 is 15.9 Å². The Labute approximate surface area is 168 Å². The van der Waals surface area contributed by atoms with E-state index in [-0.39, 0.29) is 5.91 Å². The molecule has 0 atom stereocenters. The molecule has 0 aliphatic rings. The molecule has 0 spiro atoms. The maximum Gasteiger partial charge on any atom is 0.221 e. The first-order valence-electron chi connectivity index (χ1n) is 8.42. The topological polar surface area (TPSA) is 46.9 Å². The molecule has 0 bridgehead atoms. The van der Waals surface area contributed by atoms with Gasteiger partial charge in [0.2, 0.25) is 5.91 Å². The summed E-state index contributed by atoms with van der Waals surface area (Å²) in [4.78, 5) is 16.0. The summed E-state index contributed by atoms with van der Waals surface area (Å²) in [6, 6.07) is 14.8. The molecule has 1 N–H and O–H groups in total. The van der Waals surface area contributed by atoms with Gasteiger partial charge in [0.15, 0.2) is 11.6 Å². The molecule has 3 aromatic carbocycles. The molecule has 4 rings (SSSR count). The van der Waals surface area contributed by atoms with Gasteiger partial charge in [-0.25, -0.2) is 13.8 Å². The predicted octanol–water partition coefficient (Wildman–Crippen LogP) is 5.69. The molecule has 0 aliphatic heterocycles. The molecule has 7 heteroatoms. The number of amides is 1. The molecule has 0 aliphatic carbocycles. The van der Waals surface area contributed by atoms with Gasteiger partial charge < -0.3 is 5.32 Å². The minimum atomic E-state index is -0.929. The lowest BCUT2D eigenvalue weighted by Crippen LogP contribution is -2.06. The fraction of sp³-hybridized carbons (Fsp3) is 0.0476. The molecular weight excluding hydrogens is 428 g/mol. The van der Waals surface area contributed by atoms with Crippen molar-refractivity contribution in [2.24, 2.45) is 0 Å². The minimum absolute atomic E-state index is 0.229. The Morgan fingerprint density at radius 1 is 1.00 bits per heavy atom. The number of rotatable bonds is 3. The van der Waals surface area contributed by atoms with E-state index >= 15 is 0 Å². The van der Waals surface area contributed by atoms with Gasteiger partial charge >= 0.3 is 0 Å².